The monoisotopic (exact) mass is 230 g/mol. The lowest BCUT2D eigenvalue weighted by Gasteiger charge is -2.21. The highest BCUT2D eigenvalue weighted by atomic mass is 35.5. The first-order valence-electron chi connectivity index (χ1n) is 4.51. The van der Waals surface area contributed by atoms with E-state index in [1.165, 1.54) is 4.90 Å². The Morgan fingerprint density at radius 2 is 2.20 bits per heavy atom. The SMILES string of the molecule is CC(C)N(C)C(=O)c1cc(F)cnc1Cl. The molecule has 0 radical (unpaired) electrons. The first-order valence-corrected chi connectivity index (χ1v) is 4.89. The van der Waals surface area contributed by atoms with Crippen LogP contribution in [0.3, 0.4) is 0 Å². The van der Waals surface area contributed by atoms with Crippen molar-refractivity contribution in [3.8, 4) is 0 Å². The predicted octanol–water partition coefficient (Wildman–Crippen LogP) is 2.35. The van der Waals surface area contributed by atoms with Crippen molar-refractivity contribution in [3.63, 3.8) is 0 Å². The summed E-state index contributed by atoms with van der Waals surface area (Å²) in [7, 11) is 1.63. The number of aromatic nitrogens is 1. The van der Waals surface area contributed by atoms with Crippen molar-refractivity contribution in [2.45, 2.75) is 19.9 Å². The molecule has 1 aromatic rings. The zero-order valence-electron chi connectivity index (χ0n) is 8.79. The minimum absolute atomic E-state index is 0.0221. The van der Waals surface area contributed by atoms with E-state index in [1.807, 2.05) is 13.8 Å². The second kappa shape index (κ2) is 4.57. The van der Waals surface area contributed by atoms with E-state index in [2.05, 4.69) is 4.98 Å². The number of rotatable bonds is 2. The standard InChI is InChI=1S/C10H12ClFN2O/c1-6(2)14(3)10(15)8-4-7(12)5-13-9(8)11/h4-6H,1-3H3. The molecule has 0 spiro atoms. The Kier molecular flexibility index (Phi) is 3.63. The van der Waals surface area contributed by atoms with Gasteiger partial charge in [-0.2, -0.15) is 0 Å². The van der Waals surface area contributed by atoms with Gasteiger partial charge in [-0.05, 0) is 19.9 Å². The van der Waals surface area contributed by atoms with Crippen LogP contribution in [0.2, 0.25) is 5.15 Å². The molecule has 0 aliphatic rings. The number of hydrogen-bond donors (Lipinski definition) is 0. The molecule has 1 heterocycles. The van der Waals surface area contributed by atoms with E-state index in [-0.39, 0.29) is 22.7 Å². The van der Waals surface area contributed by atoms with Gasteiger partial charge in [-0.1, -0.05) is 11.6 Å². The van der Waals surface area contributed by atoms with Crippen LogP contribution in [0.4, 0.5) is 4.39 Å². The molecule has 1 rings (SSSR count). The van der Waals surface area contributed by atoms with Gasteiger partial charge in [0, 0.05) is 13.1 Å². The van der Waals surface area contributed by atoms with Crippen LogP contribution >= 0.6 is 11.6 Å². The van der Waals surface area contributed by atoms with Crippen molar-refractivity contribution >= 4 is 17.5 Å². The van der Waals surface area contributed by atoms with Crippen LogP contribution in [0.25, 0.3) is 0 Å². The molecule has 0 saturated heterocycles. The molecule has 1 aromatic heterocycles. The minimum Gasteiger partial charge on any atom is -0.339 e. The van der Waals surface area contributed by atoms with Gasteiger partial charge in [0.15, 0.2) is 0 Å². The summed E-state index contributed by atoms with van der Waals surface area (Å²) in [5.41, 5.74) is 0.0906. The molecule has 0 fully saturated rings. The van der Waals surface area contributed by atoms with Crippen LogP contribution in [0.15, 0.2) is 12.3 Å². The van der Waals surface area contributed by atoms with Crippen molar-refractivity contribution in [3.05, 3.63) is 28.8 Å². The van der Waals surface area contributed by atoms with E-state index >= 15 is 0 Å². The molecular formula is C10H12ClFN2O. The molecule has 15 heavy (non-hydrogen) atoms. The third-order valence-electron chi connectivity index (χ3n) is 2.13. The van der Waals surface area contributed by atoms with Gasteiger partial charge < -0.3 is 4.90 Å². The normalized spacial score (nSPS) is 10.5. The topological polar surface area (TPSA) is 33.2 Å². The van der Waals surface area contributed by atoms with E-state index in [9.17, 15) is 9.18 Å². The third kappa shape index (κ3) is 2.65. The summed E-state index contributed by atoms with van der Waals surface area (Å²) in [6.45, 7) is 3.72. The Hall–Kier alpha value is -1.16. The molecule has 0 atom stereocenters. The molecule has 0 aliphatic heterocycles. The van der Waals surface area contributed by atoms with Crippen molar-refractivity contribution in [2.24, 2.45) is 0 Å². The van der Waals surface area contributed by atoms with Gasteiger partial charge >= 0.3 is 0 Å². The van der Waals surface area contributed by atoms with E-state index in [0.29, 0.717) is 0 Å². The van der Waals surface area contributed by atoms with Crippen molar-refractivity contribution in [2.75, 3.05) is 7.05 Å². The lowest BCUT2D eigenvalue weighted by molar-refractivity contribution is 0.0754. The fourth-order valence-corrected chi connectivity index (χ4v) is 1.18. The van der Waals surface area contributed by atoms with E-state index < -0.39 is 5.82 Å². The van der Waals surface area contributed by atoms with Crippen LogP contribution in [0.5, 0.6) is 0 Å². The molecule has 82 valence electrons. The zero-order chi connectivity index (χ0) is 11.6. The molecule has 1 amide bonds. The highest BCUT2D eigenvalue weighted by Gasteiger charge is 2.18. The summed E-state index contributed by atoms with van der Waals surface area (Å²) >= 11 is 5.71. The van der Waals surface area contributed by atoms with Gasteiger partial charge in [0.05, 0.1) is 11.8 Å². The average Bonchev–Trinajstić information content (AvgIpc) is 2.19. The Morgan fingerprint density at radius 3 is 2.73 bits per heavy atom. The molecule has 0 aromatic carbocycles. The van der Waals surface area contributed by atoms with Crippen LogP contribution < -0.4 is 0 Å². The maximum Gasteiger partial charge on any atom is 0.257 e. The Morgan fingerprint density at radius 1 is 1.60 bits per heavy atom. The van der Waals surface area contributed by atoms with Crippen LogP contribution in [-0.4, -0.2) is 28.9 Å². The van der Waals surface area contributed by atoms with Crippen molar-refractivity contribution in [1.29, 1.82) is 0 Å². The number of amides is 1. The smallest absolute Gasteiger partial charge is 0.257 e. The highest BCUT2D eigenvalue weighted by Crippen LogP contribution is 2.16. The summed E-state index contributed by atoms with van der Waals surface area (Å²) in [6, 6.07) is 1.12. The van der Waals surface area contributed by atoms with Crippen LogP contribution in [0, 0.1) is 5.82 Å². The van der Waals surface area contributed by atoms with E-state index in [1.54, 1.807) is 7.05 Å². The molecule has 0 saturated carbocycles. The summed E-state index contributed by atoms with van der Waals surface area (Å²) < 4.78 is 12.9. The van der Waals surface area contributed by atoms with Gasteiger partial charge in [0.1, 0.15) is 11.0 Å². The molecule has 0 aliphatic carbocycles. The number of halogens is 2. The van der Waals surface area contributed by atoms with Gasteiger partial charge in [0.2, 0.25) is 0 Å². The first-order chi connectivity index (χ1) is 6.93. The van der Waals surface area contributed by atoms with Gasteiger partial charge in [-0.3, -0.25) is 4.79 Å². The molecule has 0 unspecified atom stereocenters. The summed E-state index contributed by atoms with van der Waals surface area (Å²) in [5.74, 6) is -0.901. The largest absolute Gasteiger partial charge is 0.339 e. The van der Waals surface area contributed by atoms with Gasteiger partial charge in [-0.15, -0.1) is 0 Å². The lowest BCUT2D eigenvalue weighted by Crippen LogP contribution is -2.33. The Bertz CT molecular complexity index is 382. The highest BCUT2D eigenvalue weighted by molar-refractivity contribution is 6.32. The molecular weight excluding hydrogens is 219 g/mol. The van der Waals surface area contributed by atoms with E-state index in [4.69, 9.17) is 11.6 Å². The van der Waals surface area contributed by atoms with Gasteiger partial charge in [0.25, 0.3) is 5.91 Å². The summed E-state index contributed by atoms with van der Waals surface area (Å²) in [6.07, 6.45) is 0.981. The maximum atomic E-state index is 12.9. The second-order valence-corrected chi connectivity index (χ2v) is 3.86. The summed E-state index contributed by atoms with van der Waals surface area (Å²) in [4.78, 5) is 16.9. The molecule has 0 bridgehead atoms. The Balaban J connectivity index is 3.05. The number of carbonyl (C=O) groups is 1. The van der Waals surface area contributed by atoms with Crippen molar-refractivity contribution in [1.82, 2.24) is 9.88 Å². The van der Waals surface area contributed by atoms with E-state index in [0.717, 1.165) is 12.3 Å². The minimum atomic E-state index is -0.570. The second-order valence-electron chi connectivity index (χ2n) is 3.50. The molecule has 3 nitrogen and oxygen atoms in total. The Labute approximate surface area is 92.9 Å². The first kappa shape index (κ1) is 11.9. The molecule has 5 heteroatoms. The zero-order valence-corrected chi connectivity index (χ0v) is 9.55. The quantitative estimate of drug-likeness (QED) is 0.731. The fraction of sp³-hybridized carbons (Fsp3) is 0.400. The average molecular weight is 231 g/mol. The number of nitrogens with zero attached hydrogens (tertiary/aromatic N) is 2. The maximum absolute atomic E-state index is 12.9. The lowest BCUT2D eigenvalue weighted by atomic mass is 10.2. The van der Waals surface area contributed by atoms with Crippen LogP contribution in [0.1, 0.15) is 24.2 Å². The predicted molar refractivity (Wildman–Crippen MR) is 56.4 cm³/mol. The number of carbonyl (C=O) groups excluding carboxylic acids is 1. The third-order valence-corrected chi connectivity index (χ3v) is 2.43. The summed E-state index contributed by atoms with van der Waals surface area (Å²) in [5, 5.41) is 0.0221. The van der Waals surface area contributed by atoms with Crippen molar-refractivity contribution < 1.29 is 9.18 Å². The fourth-order valence-electron chi connectivity index (χ4n) is 0.997. The van der Waals surface area contributed by atoms with Gasteiger partial charge in [-0.25, -0.2) is 9.37 Å². The number of pyridine rings is 1. The number of hydrogen-bond acceptors (Lipinski definition) is 2. The van der Waals surface area contributed by atoms with Crippen LogP contribution in [-0.2, 0) is 0 Å². The molecule has 0 N–H and O–H groups in total.